The molecular weight excluding hydrogens is 310 g/mol. The molecule has 7 N–H and O–H groups in total. The molecule has 0 spiro atoms. The minimum atomic E-state index is -1.81. The van der Waals surface area contributed by atoms with Crippen molar-refractivity contribution in [2.75, 3.05) is 6.54 Å². The Morgan fingerprint density at radius 1 is 1.22 bits per heavy atom. The Morgan fingerprint density at radius 3 is 2.52 bits per heavy atom. The van der Waals surface area contributed by atoms with Gasteiger partial charge >= 0.3 is 5.97 Å². The van der Waals surface area contributed by atoms with E-state index >= 15 is 0 Å². The molecule has 9 heteroatoms. The molecule has 9 nitrogen and oxygen atoms in total. The van der Waals surface area contributed by atoms with Crippen molar-refractivity contribution in [1.82, 2.24) is 0 Å². The highest BCUT2D eigenvalue weighted by Crippen LogP contribution is 2.31. The number of hydrogen-bond donors (Lipinski definition) is 6. The van der Waals surface area contributed by atoms with Crippen molar-refractivity contribution < 1.29 is 39.8 Å². The lowest BCUT2D eigenvalue weighted by atomic mass is 9.99. The summed E-state index contributed by atoms with van der Waals surface area (Å²) in [5, 5.41) is 48.0. The highest BCUT2D eigenvalue weighted by atomic mass is 16.7. The van der Waals surface area contributed by atoms with Crippen LogP contribution >= 0.6 is 0 Å². The number of nitrogens with two attached hydrogens (primary N) is 1. The second-order valence-electron chi connectivity index (χ2n) is 5.19. The van der Waals surface area contributed by atoms with Gasteiger partial charge in [0.25, 0.3) is 0 Å². The van der Waals surface area contributed by atoms with Crippen LogP contribution in [0.5, 0.6) is 11.5 Å². The number of benzene rings is 1. The second kappa shape index (κ2) is 7.11. The first-order chi connectivity index (χ1) is 10.8. The molecule has 0 amide bonds. The van der Waals surface area contributed by atoms with Gasteiger partial charge in [-0.15, -0.1) is 0 Å². The average Bonchev–Trinajstić information content (AvgIpc) is 2.50. The Morgan fingerprint density at radius 2 is 1.91 bits per heavy atom. The summed E-state index contributed by atoms with van der Waals surface area (Å²) in [6.45, 7) is 0.374. The van der Waals surface area contributed by atoms with Gasteiger partial charge in [-0.25, -0.2) is 4.79 Å². The van der Waals surface area contributed by atoms with Crippen LogP contribution in [0.25, 0.3) is 0 Å². The molecule has 1 aliphatic heterocycles. The summed E-state index contributed by atoms with van der Waals surface area (Å²) < 4.78 is 10.3. The van der Waals surface area contributed by atoms with Crippen LogP contribution in [0.3, 0.4) is 0 Å². The fourth-order valence-electron chi connectivity index (χ4n) is 2.25. The van der Waals surface area contributed by atoms with Gasteiger partial charge in [-0.05, 0) is 30.7 Å². The number of aliphatic hydroxyl groups excluding tert-OH is 3. The maximum Gasteiger partial charge on any atom is 0.335 e. The van der Waals surface area contributed by atoms with E-state index < -0.39 is 36.7 Å². The number of aromatic hydroxyl groups is 1. The first-order valence-electron chi connectivity index (χ1n) is 6.96. The van der Waals surface area contributed by atoms with Gasteiger partial charge in [-0.2, -0.15) is 0 Å². The highest BCUT2D eigenvalue weighted by molar-refractivity contribution is 5.73. The third-order valence-corrected chi connectivity index (χ3v) is 3.51. The summed E-state index contributed by atoms with van der Waals surface area (Å²) in [4.78, 5) is 11.0. The first kappa shape index (κ1) is 17.4. The molecule has 0 aromatic heterocycles. The summed E-state index contributed by atoms with van der Waals surface area (Å²) in [6, 6.07) is 4.45. The van der Waals surface area contributed by atoms with E-state index in [1.165, 1.54) is 12.1 Å². The van der Waals surface area contributed by atoms with E-state index in [-0.39, 0.29) is 11.5 Å². The number of carboxylic acids is 1. The standard InChI is InChI=1S/C14H19NO8/c15-4-3-6-1-2-7(16)8(5-6)22-14-11(19)9(17)10(18)12(23-14)13(20)21/h1-2,5,9-12,14,16-19H,3-4,15H2,(H,20,21)/t9-,10-,11-,12-,14+/m0/s1. The van der Waals surface area contributed by atoms with E-state index in [1.54, 1.807) is 6.07 Å². The lowest BCUT2D eigenvalue weighted by molar-refractivity contribution is -0.271. The molecule has 0 saturated carbocycles. The molecule has 0 radical (unpaired) electrons. The van der Waals surface area contributed by atoms with Crippen LogP contribution in [0, 0.1) is 0 Å². The normalized spacial score (nSPS) is 30.9. The number of hydrogen-bond acceptors (Lipinski definition) is 8. The fourth-order valence-corrected chi connectivity index (χ4v) is 2.25. The predicted molar refractivity (Wildman–Crippen MR) is 75.8 cm³/mol. The zero-order valence-electron chi connectivity index (χ0n) is 12.1. The third-order valence-electron chi connectivity index (χ3n) is 3.51. The van der Waals surface area contributed by atoms with Gasteiger partial charge in [0.1, 0.15) is 18.3 Å². The largest absolute Gasteiger partial charge is 0.504 e. The van der Waals surface area contributed by atoms with Gasteiger partial charge in [0.2, 0.25) is 6.29 Å². The fraction of sp³-hybridized carbons (Fsp3) is 0.500. The minimum absolute atomic E-state index is 0.0623. The number of aliphatic carboxylic acids is 1. The van der Waals surface area contributed by atoms with Gasteiger partial charge in [0.15, 0.2) is 17.6 Å². The lowest BCUT2D eigenvalue weighted by Crippen LogP contribution is -2.61. The zero-order valence-corrected chi connectivity index (χ0v) is 12.1. The molecule has 0 bridgehead atoms. The van der Waals surface area contributed by atoms with Crippen molar-refractivity contribution >= 4 is 5.97 Å². The van der Waals surface area contributed by atoms with Gasteiger partial charge in [0, 0.05) is 0 Å². The number of phenolic OH excluding ortho intramolecular Hbond substituents is 1. The quantitative estimate of drug-likeness (QED) is 0.364. The minimum Gasteiger partial charge on any atom is -0.504 e. The van der Waals surface area contributed by atoms with Gasteiger partial charge in [-0.3, -0.25) is 0 Å². The number of aliphatic hydroxyl groups is 3. The van der Waals surface area contributed by atoms with Crippen LogP contribution in [-0.4, -0.2) is 68.8 Å². The van der Waals surface area contributed by atoms with Gasteiger partial charge in [-0.1, -0.05) is 6.07 Å². The molecule has 1 aromatic carbocycles. The van der Waals surface area contributed by atoms with Crippen LogP contribution in [0.2, 0.25) is 0 Å². The second-order valence-corrected chi connectivity index (χ2v) is 5.19. The summed E-state index contributed by atoms with van der Waals surface area (Å²) in [5.41, 5.74) is 6.20. The number of ether oxygens (including phenoxy) is 2. The van der Waals surface area contributed by atoms with Crippen LogP contribution < -0.4 is 10.5 Å². The summed E-state index contributed by atoms with van der Waals surface area (Å²) >= 11 is 0. The smallest absolute Gasteiger partial charge is 0.335 e. The molecule has 1 fully saturated rings. The van der Waals surface area contributed by atoms with Crippen LogP contribution in [0.1, 0.15) is 5.56 Å². The summed E-state index contributed by atoms with van der Waals surface area (Å²) in [7, 11) is 0. The summed E-state index contributed by atoms with van der Waals surface area (Å²) in [5.74, 6) is -1.83. The van der Waals surface area contributed by atoms with E-state index in [2.05, 4.69) is 0 Å². The topological polar surface area (TPSA) is 163 Å². The monoisotopic (exact) mass is 329 g/mol. The molecule has 0 aliphatic carbocycles. The van der Waals surface area contributed by atoms with E-state index in [0.29, 0.717) is 13.0 Å². The summed E-state index contributed by atoms with van der Waals surface area (Å²) in [6.07, 6.45) is -8.10. The number of phenols is 1. The Kier molecular flexibility index (Phi) is 5.39. The van der Waals surface area contributed by atoms with Gasteiger partial charge in [0.05, 0.1) is 0 Å². The van der Waals surface area contributed by atoms with Crippen LogP contribution in [-0.2, 0) is 16.0 Å². The zero-order chi connectivity index (χ0) is 17.1. The Balaban J connectivity index is 2.21. The third kappa shape index (κ3) is 3.71. The molecule has 1 aliphatic rings. The maximum atomic E-state index is 11.0. The molecule has 1 saturated heterocycles. The van der Waals surface area contributed by atoms with Crippen molar-refractivity contribution in [2.24, 2.45) is 5.73 Å². The van der Waals surface area contributed by atoms with E-state index in [0.717, 1.165) is 5.56 Å². The van der Waals surface area contributed by atoms with E-state index in [1.807, 2.05) is 0 Å². The Bertz CT molecular complexity index is 566. The van der Waals surface area contributed by atoms with Crippen molar-refractivity contribution in [3.63, 3.8) is 0 Å². The predicted octanol–water partition coefficient (Wildman–Crippen LogP) is -1.84. The molecule has 128 valence electrons. The maximum absolute atomic E-state index is 11.0. The molecule has 0 unspecified atom stereocenters. The SMILES string of the molecule is NCCc1ccc(O)c(O[C@@H]2O[C@H](C(=O)O)[C@@H](O)[C@H](O)[C@@H]2O)c1. The molecule has 2 rings (SSSR count). The first-order valence-corrected chi connectivity index (χ1v) is 6.96. The van der Waals surface area contributed by atoms with Gasteiger partial charge < -0.3 is 40.7 Å². The number of carbonyl (C=O) groups is 1. The highest BCUT2D eigenvalue weighted by Gasteiger charge is 2.48. The van der Waals surface area contributed by atoms with Crippen molar-refractivity contribution in [3.8, 4) is 11.5 Å². The number of rotatable bonds is 5. The lowest BCUT2D eigenvalue weighted by Gasteiger charge is -2.38. The Labute approximate surface area is 131 Å². The number of carboxylic acid groups (broad SMARTS) is 1. The van der Waals surface area contributed by atoms with Crippen molar-refractivity contribution in [1.29, 1.82) is 0 Å². The molecule has 1 aromatic rings. The molecule has 23 heavy (non-hydrogen) atoms. The van der Waals surface area contributed by atoms with Crippen molar-refractivity contribution in [3.05, 3.63) is 23.8 Å². The van der Waals surface area contributed by atoms with E-state index in [9.17, 15) is 25.2 Å². The molecular formula is C14H19NO8. The van der Waals surface area contributed by atoms with Crippen LogP contribution in [0.15, 0.2) is 18.2 Å². The average molecular weight is 329 g/mol. The van der Waals surface area contributed by atoms with E-state index in [4.69, 9.17) is 20.3 Å². The molecule has 1 heterocycles. The Hall–Kier alpha value is -1.91. The van der Waals surface area contributed by atoms with Crippen LogP contribution in [0.4, 0.5) is 0 Å². The van der Waals surface area contributed by atoms with Crippen molar-refractivity contribution in [2.45, 2.75) is 37.1 Å². The molecule has 5 atom stereocenters.